The molecule has 1 aliphatic heterocycles. The quantitative estimate of drug-likeness (QED) is 0.738. The van der Waals surface area contributed by atoms with Crippen molar-refractivity contribution in [1.29, 1.82) is 0 Å². The Morgan fingerprint density at radius 1 is 1.04 bits per heavy atom. The first kappa shape index (κ1) is 15.8. The Kier molecular flexibility index (Phi) is 4.24. The second-order valence-corrected chi connectivity index (χ2v) is 6.19. The number of hydrogen-bond donors (Lipinski definition) is 0. The fraction of sp³-hybridized carbons (Fsp3) is 0.300. The standard InChI is InChI=1S/C20H21N3O2/c1-2-15-7-9-16(10-8-15)23-19(24)17-5-3-4-6-18(17)21-20(23)22-11-13-25-14-12-22/h3-10H,2,11-14H2,1H3. The maximum Gasteiger partial charge on any atom is 0.267 e. The second-order valence-electron chi connectivity index (χ2n) is 6.19. The minimum absolute atomic E-state index is 0.0312. The molecule has 128 valence electrons. The van der Waals surface area contributed by atoms with Gasteiger partial charge in [0.25, 0.3) is 5.56 Å². The van der Waals surface area contributed by atoms with E-state index in [9.17, 15) is 4.79 Å². The number of anilines is 1. The van der Waals surface area contributed by atoms with Gasteiger partial charge in [-0.25, -0.2) is 9.55 Å². The van der Waals surface area contributed by atoms with Gasteiger partial charge in [-0.1, -0.05) is 31.2 Å². The van der Waals surface area contributed by atoms with Crippen molar-refractivity contribution in [1.82, 2.24) is 9.55 Å². The number of hydrogen-bond acceptors (Lipinski definition) is 4. The summed E-state index contributed by atoms with van der Waals surface area (Å²) >= 11 is 0. The Morgan fingerprint density at radius 3 is 2.48 bits per heavy atom. The van der Waals surface area contributed by atoms with Crippen LogP contribution in [-0.4, -0.2) is 35.9 Å². The number of nitrogens with zero attached hydrogens (tertiary/aromatic N) is 3. The molecule has 0 N–H and O–H groups in total. The summed E-state index contributed by atoms with van der Waals surface area (Å²) in [5.41, 5.74) is 2.80. The molecule has 0 saturated carbocycles. The van der Waals surface area contributed by atoms with Gasteiger partial charge in [0.05, 0.1) is 29.8 Å². The van der Waals surface area contributed by atoms with Crippen LogP contribution >= 0.6 is 0 Å². The van der Waals surface area contributed by atoms with Crippen LogP contribution in [0.25, 0.3) is 16.6 Å². The first-order valence-electron chi connectivity index (χ1n) is 8.71. The molecule has 2 heterocycles. The number of aromatic nitrogens is 2. The molecule has 1 aliphatic rings. The Labute approximate surface area is 146 Å². The van der Waals surface area contributed by atoms with Gasteiger partial charge >= 0.3 is 0 Å². The first-order chi connectivity index (χ1) is 12.3. The Balaban J connectivity index is 1.95. The molecule has 25 heavy (non-hydrogen) atoms. The number of aryl methyl sites for hydroxylation is 1. The highest BCUT2D eigenvalue weighted by Gasteiger charge is 2.20. The van der Waals surface area contributed by atoms with Crippen LogP contribution in [0.15, 0.2) is 53.3 Å². The molecule has 0 bridgehead atoms. The molecule has 1 aromatic heterocycles. The lowest BCUT2D eigenvalue weighted by molar-refractivity contribution is 0.122. The summed E-state index contributed by atoms with van der Waals surface area (Å²) < 4.78 is 7.19. The van der Waals surface area contributed by atoms with Crippen LogP contribution in [0.3, 0.4) is 0 Å². The van der Waals surface area contributed by atoms with Crippen molar-refractivity contribution in [2.24, 2.45) is 0 Å². The van der Waals surface area contributed by atoms with Crippen molar-refractivity contribution < 1.29 is 4.74 Å². The summed E-state index contributed by atoms with van der Waals surface area (Å²) in [5, 5.41) is 0.638. The zero-order chi connectivity index (χ0) is 17.2. The second kappa shape index (κ2) is 6.69. The summed E-state index contributed by atoms with van der Waals surface area (Å²) in [4.78, 5) is 20.2. The van der Waals surface area contributed by atoms with Gasteiger partial charge in [-0.2, -0.15) is 0 Å². The fourth-order valence-corrected chi connectivity index (χ4v) is 3.21. The van der Waals surface area contributed by atoms with E-state index in [1.807, 2.05) is 36.4 Å². The third-order valence-electron chi connectivity index (χ3n) is 4.65. The van der Waals surface area contributed by atoms with Gasteiger partial charge in [0.1, 0.15) is 0 Å². The highest BCUT2D eigenvalue weighted by Crippen LogP contribution is 2.20. The SMILES string of the molecule is CCc1ccc(-n2c(N3CCOCC3)nc3ccccc3c2=O)cc1. The monoisotopic (exact) mass is 335 g/mol. The Hall–Kier alpha value is -2.66. The van der Waals surface area contributed by atoms with Gasteiger partial charge in [-0.3, -0.25) is 4.79 Å². The van der Waals surface area contributed by atoms with Crippen molar-refractivity contribution in [3.05, 3.63) is 64.4 Å². The number of morpholine rings is 1. The molecule has 0 spiro atoms. The lowest BCUT2D eigenvalue weighted by atomic mass is 10.1. The average molecular weight is 335 g/mol. The van der Waals surface area contributed by atoms with E-state index in [1.54, 1.807) is 4.57 Å². The maximum absolute atomic E-state index is 13.2. The molecule has 0 atom stereocenters. The van der Waals surface area contributed by atoms with Gasteiger partial charge < -0.3 is 9.64 Å². The topological polar surface area (TPSA) is 47.4 Å². The van der Waals surface area contributed by atoms with Crippen LogP contribution in [0.4, 0.5) is 5.95 Å². The van der Waals surface area contributed by atoms with Crippen LogP contribution in [0.2, 0.25) is 0 Å². The van der Waals surface area contributed by atoms with Crippen molar-refractivity contribution in [2.45, 2.75) is 13.3 Å². The zero-order valence-corrected chi connectivity index (χ0v) is 14.3. The van der Waals surface area contributed by atoms with Gasteiger partial charge in [0, 0.05) is 13.1 Å². The molecule has 3 aromatic rings. The largest absolute Gasteiger partial charge is 0.378 e. The van der Waals surface area contributed by atoms with Crippen LogP contribution in [0, 0.1) is 0 Å². The predicted octanol–water partition coefficient (Wildman–Crippen LogP) is 2.78. The molecule has 2 aromatic carbocycles. The molecule has 1 fully saturated rings. The van der Waals surface area contributed by atoms with Crippen LogP contribution in [0.1, 0.15) is 12.5 Å². The summed E-state index contributed by atoms with van der Waals surface area (Å²) in [7, 11) is 0. The molecular formula is C20H21N3O2. The van der Waals surface area contributed by atoms with E-state index in [1.165, 1.54) is 5.56 Å². The van der Waals surface area contributed by atoms with Gasteiger partial charge in [-0.15, -0.1) is 0 Å². The molecule has 1 saturated heterocycles. The minimum atomic E-state index is -0.0312. The third kappa shape index (κ3) is 2.91. The van der Waals surface area contributed by atoms with E-state index in [-0.39, 0.29) is 5.56 Å². The number of fused-ring (bicyclic) bond motifs is 1. The summed E-state index contributed by atoms with van der Waals surface area (Å²) in [6, 6.07) is 15.7. The molecule has 0 amide bonds. The lowest BCUT2D eigenvalue weighted by Crippen LogP contribution is -2.40. The van der Waals surface area contributed by atoms with Gasteiger partial charge in [-0.05, 0) is 36.2 Å². The van der Waals surface area contributed by atoms with Crippen LogP contribution < -0.4 is 10.5 Å². The van der Waals surface area contributed by atoms with Crippen LogP contribution in [-0.2, 0) is 11.2 Å². The molecule has 5 heteroatoms. The number of benzene rings is 2. The average Bonchev–Trinajstić information content (AvgIpc) is 2.69. The van der Waals surface area contributed by atoms with Crippen molar-refractivity contribution in [3.63, 3.8) is 0 Å². The number of para-hydroxylation sites is 1. The molecule has 0 unspecified atom stereocenters. The normalized spacial score (nSPS) is 14.8. The summed E-state index contributed by atoms with van der Waals surface area (Å²) in [5.74, 6) is 0.691. The summed E-state index contributed by atoms with van der Waals surface area (Å²) in [6.07, 6.45) is 0.974. The lowest BCUT2D eigenvalue weighted by Gasteiger charge is -2.30. The van der Waals surface area contributed by atoms with E-state index in [0.717, 1.165) is 30.7 Å². The van der Waals surface area contributed by atoms with E-state index in [0.29, 0.717) is 24.5 Å². The zero-order valence-electron chi connectivity index (χ0n) is 14.3. The smallest absolute Gasteiger partial charge is 0.267 e. The minimum Gasteiger partial charge on any atom is -0.378 e. The maximum atomic E-state index is 13.2. The fourth-order valence-electron chi connectivity index (χ4n) is 3.21. The van der Waals surface area contributed by atoms with E-state index in [2.05, 4.69) is 24.0 Å². The Bertz CT molecular complexity index is 941. The van der Waals surface area contributed by atoms with Crippen LogP contribution in [0.5, 0.6) is 0 Å². The van der Waals surface area contributed by atoms with E-state index in [4.69, 9.17) is 9.72 Å². The Morgan fingerprint density at radius 2 is 1.76 bits per heavy atom. The molecule has 0 aliphatic carbocycles. The van der Waals surface area contributed by atoms with Gasteiger partial charge in [0.2, 0.25) is 5.95 Å². The van der Waals surface area contributed by atoms with E-state index < -0.39 is 0 Å². The predicted molar refractivity (Wildman–Crippen MR) is 99.8 cm³/mol. The molecule has 4 rings (SSSR count). The number of ether oxygens (including phenoxy) is 1. The molecule has 5 nitrogen and oxygen atoms in total. The molecule has 0 radical (unpaired) electrons. The third-order valence-corrected chi connectivity index (χ3v) is 4.65. The van der Waals surface area contributed by atoms with E-state index >= 15 is 0 Å². The van der Waals surface area contributed by atoms with Crippen molar-refractivity contribution >= 4 is 16.9 Å². The van der Waals surface area contributed by atoms with Gasteiger partial charge in [0.15, 0.2) is 0 Å². The highest BCUT2D eigenvalue weighted by molar-refractivity contribution is 5.79. The number of rotatable bonds is 3. The summed E-state index contributed by atoms with van der Waals surface area (Å²) in [6.45, 7) is 4.89. The highest BCUT2D eigenvalue weighted by atomic mass is 16.5. The first-order valence-corrected chi connectivity index (χ1v) is 8.71. The van der Waals surface area contributed by atoms with Crippen molar-refractivity contribution in [3.8, 4) is 5.69 Å². The van der Waals surface area contributed by atoms with Crippen molar-refractivity contribution in [2.75, 3.05) is 31.2 Å². The molecular weight excluding hydrogens is 314 g/mol.